The minimum atomic E-state index is -0.416. The first kappa shape index (κ1) is 19.3. The average molecular weight is 394 g/mol. The van der Waals surface area contributed by atoms with E-state index in [-0.39, 0.29) is 16.9 Å². The Kier molecular flexibility index (Phi) is 5.81. The highest BCUT2D eigenvalue weighted by atomic mass is 35.5. The summed E-state index contributed by atoms with van der Waals surface area (Å²) in [7, 11) is 0. The number of rotatable bonds is 5. The third kappa shape index (κ3) is 4.81. The van der Waals surface area contributed by atoms with Crippen LogP contribution in [0.1, 0.15) is 38.0 Å². The maximum atomic E-state index is 12.4. The first-order valence-electron chi connectivity index (χ1n) is 8.37. The maximum absolute atomic E-state index is 12.4. The fourth-order valence-corrected chi connectivity index (χ4v) is 2.64. The third-order valence-corrected chi connectivity index (χ3v) is 4.13. The number of carbonyl (C=O) groups excluding carboxylic acids is 3. The van der Waals surface area contributed by atoms with Gasteiger partial charge in [-0.2, -0.15) is 0 Å². The summed E-state index contributed by atoms with van der Waals surface area (Å²) in [5, 5.41) is 5.91. The Morgan fingerprint density at radius 3 is 1.96 bits per heavy atom. The lowest BCUT2D eigenvalue weighted by Crippen LogP contribution is -2.16. The van der Waals surface area contributed by atoms with Gasteiger partial charge in [-0.1, -0.05) is 17.7 Å². The van der Waals surface area contributed by atoms with Crippen LogP contribution >= 0.6 is 11.6 Å². The number of carbonyl (C=O) groups is 3. The lowest BCUT2D eigenvalue weighted by molar-refractivity contribution is 0.101. The molecule has 7 heteroatoms. The van der Waals surface area contributed by atoms with Crippen molar-refractivity contribution in [3.8, 4) is 0 Å². The van der Waals surface area contributed by atoms with E-state index in [1.165, 1.54) is 25.4 Å². The van der Waals surface area contributed by atoms with Crippen LogP contribution in [0.5, 0.6) is 0 Å². The second-order valence-corrected chi connectivity index (χ2v) is 6.45. The number of halogens is 1. The Hall–Kier alpha value is -3.51. The van der Waals surface area contributed by atoms with Crippen LogP contribution in [0.25, 0.3) is 0 Å². The summed E-state index contributed by atoms with van der Waals surface area (Å²) >= 11 is 5.91. The van der Waals surface area contributed by atoms with E-state index in [0.717, 1.165) is 0 Å². The molecule has 1 heterocycles. The second-order valence-electron chi connectivity index (χ2n) is 6.01. The Morgan fingerprint density at radius 1 is 0.786 bits per heavy atom. The zero-order chi connectivity index (χ0) is 20.1. The van der Waals surface area contributed by atoms with Gasteiger partial charge in [-0.15, -0.1) is 0 Å². The molecule has 0 bridgehead atoms. The molecule has 28 heavy (non-hydrogen) atoms. The number of nitrogens with one attached hydrogen (secondary N) is 2. The van der Waals surface area contributed by atoms with Gasteiger partial charge < -0.3 is 10.6 Å². The Balaban J connectivity index is 1.72. The van der Waals surface area contributed by atoms with Gasteiger partial charge in [0.2, 0.25) is 0 Å². The molecule has 3 rings (SSSR count). The van der Waals surface area contributed by atoms with Gasteiger partial charge in [-0.3, -0.25) is 19.4 Å². The van der Waals surface area contributed by atoms with Crippen LogP contribution in [-0.2, 0) is 0 Å². The van der Waals surface area contributed by atoms with Crippen LogP contribution in [0.15, 0.2) is 67.0 Å². The van der Waals surface area contributed by atoms with Crippen molar-refractivity contribution in [3.05, 3.63) is 88.7 Å². The fraction of sp³-hybridized carbons (Fsp3) is 0.0476. The molecule has 2 aromatic carbocycles. The number of nitrogens with zero attached hydrogens (tertiary/aromatic N) is 1. The van der Waals surface area contributed by atoms with Crippen LogP contribution in [0, 0.1) is 0 Å². The molecule has 0 aliphatic heterocycles. The minimum Gasteiger partial charge on any atom is -0.322 e. The second kappa shape index (κ2) is 8.45. The van der Waals surface area contributed by atoms with Crippen LogP contribution in [0.4, 0.5) is 11.4 Å². The van der Waals surface area contributed by atoms with Crippen molar-refractivity contribution in [3.63, 3.8) is 0 Å². The number of hydrogen-bond acceptors (Lipinski definition) is 4. The van der Waals surface area contributed by atoms with Crippen molar-refractivity contribution >= 4 is 40.6 Å². The largest absolute Gasteiger partial charge is 0.322 e. The molecule has 0 radical (unpaired) electrons. The van der Waals surface area contributed by atoms with E-state index in [1.807, 2.05) is 0 Å². The molecule has 6 nitrogen and oxygen atoms in total. The fourth-order valence-electron chi connectivity index (χ4n) is 2.45. The van der Waals surface area contributed by atoms with Gasteiger partial charge >= 0.3 is 0 Å². The normalized spacial score (nSPS) is 10.2. The molecule has 0 saturated carbocycles. The monoisotopic (exact) mass is 393 g/mol. The first-order valence-corrected chi connectivity index (χ1v) is 8.74. The van der Waals surface area contributed by atoms with E-state index in [4.69, 9.17) is 11.6 Å². The highest BCUT2D eigenvalue weighted by molar-refractivity contribution is 6.31. The molecule has 0 saturated heterocycles. The predicted octanol–water partition coefficient (Wildman–Crippen LogP) is 4.44. The third-order valence-electron chi connectivity index (χ3n) is 3.89. The molecule has 0 spiro atoms. The van der Waals surface area contributed by atoms with Crippen molar-refractivity contribution in [2.24, 2.45) is 0 Å². The Morgan fingerprint density at radius 2 is 1.39 bits per heavy atom. The quantitative estimate of drug-likeness (QED) is 0.627. The zero-order valence-corrected chi connectivity index (χ0v) is 15.7. The van der Waals surface area contributed by atoms with Crippen LogP contribution < -0.4 is 10.6 Å². The summed E-state index contributed by atoms with van der Waals surface area (Å²) in [5.74, 6) is -0.879. The minimum absolute atomic E-state index is 0.0551. The zero-order valence-electron chi connectivity index (χ0n) is 14.9. The average Bonchev–Trinajstić information content (AvgIpc) is 2.68. The Bertz CT molecular complexity index is 1050. The molecule has 140 valence electrons. The van der Waals surface area contributed by atoms with Gasteiger partial charge in [-0.05, 0) is 55.5 Å². The molecule has 0 unspecified atom stereocenters. The standard InChI is InChI=1S/C21H16ClN3O3/c1-13(26)14-5-7-18(8-6-14)24-20(27)15-9-16(12-23-11-15)21(28)25-19-4-2-3-17(22)10-19/h2-12H,1H3,(H,24,27)(H,25,28). The van der Waals surface area contributed by atoms with E-state index in [2.05, 4.69) is 15.6 Å². The summed E-state index contributed by atoms with van der Waals surface area (Å²) in [4.78, 5) is 40.1. The molecule has 2 N–H and O–H groups in total. The highest BCUT2D eigenvalue weighted by Gasteiger charge is 2.12. The van der Waals surface area contributed by atoms with Gasteiger partial charge in [0.1, 0.15) is 0 Å². The van der Waals surface area contributed by atoms with Crippen LogP contribution in [0.2, 0.25) is 5.02 Å². The van der Waals surface area contributed by atoms with Gasteiger partial charge in [-0.25, -0.2) is 0 Å². The van der Waals surface area contributed by atoms with Crippen molar-refractivity contribution in [2.45, 2.75) is 6.92 Å². The van der Waals surface area contributed by atoms with E-state index in [0.29, 0.717) is 22.0 Å². The molecular formula is C21H16ClN3O3. The molecule has 2 amide bonds. The molecule has 0 aliphatic carbocycles. The van der Waals surface area contributed by atoms with Gasteiger partial charge in [0.15, 0.2) is 5.78 Å². The maximum Gasteiger partial charge on any atom is 0.257 e. The van der Waals surface area contributed by atoms with Crippen molar-refractivity contribution in [1.82, 2.24) is 4.98 Å². The van der Waals surface area contributed by atoms with E-state index >= 15 is 0 Å². The van der Waals surface area contributed by atoms with Gasteiger partial charge in [0.05, 0.1) is 11.1 Å². The number of amides is 2. The lowest BCUT2D eigenvalue weighted by atomic mass is 10.1. The number of benzene rings is 2. The Labute approximate surface area is 166 Å². The number of Topliss-reactive ketones (excluding diaryl/α,β-unsaturated/α-hetero) is 1. The number of aromatic nitrogens is 1. The summed E-state index contributed by atoms with van der Waals surface area (Å²) in [6.07, 6.45) is 2.74. The predicted molar refractivity (Wildman–Crippen MR) is 108 cm³/mol. The van der Waals surface area contributed by atoms with E-state index < -0.39 is 11.8 Å². The smallest absolute Gasteiger partial charge is 0.257 e. The molecule has 1 aromatic heterocycles. The molecule has 3 aromatic rings. The van der Waals surface area contributed by atoms with Crippen molar-refractivity contribution in [1.29, 1.82) is 0 Å². The number of pyridine rings is 1. The molecule has 0 aliphatic rings. The van der Waals surface area contributed by atoms with E-state index in [9.17, 15) is 14.4 Å². The first-order chi connectivity index (χ1) is 13.4. The van der Waals surface area contributed by atoms with Crippen molar-refractivity contribution in [2.75, 3.05) is 10.6 Å². The summed E-state index contributed by atoms with van der Waals surface area (Å²) in [6.45, 7) is 1.47. The molecular weight excluding hydrogens is 378 g/mol. The number of hydrogen-bond donors (Lipinski definition) is 2. The van der Waals surface area contributed by atoms with Gasteiger partial charge in [0, 0.05) is 34.4 Å². The van der Waals surface area contributed by atoms with Crippen LogP contribution in [0.3, 0.4) is 0 Å². The lowest BCUT2D eigenvalue weighted by Gasteiger charge is -2.08. The molecule has 0 fully saturated rings. The SMILES string of the molecule is CC(=O)c1ccc(NC(=O)c2cncc(C(=O)Nc3cccc(Cl)c3)c2)cc1. The topological polar surface area (TPSA) is 88.2 Å². The summed E-state index contributed by atoms with van der Waals surface area (Å²) in [6, 6.07) is 14.7. The number of ketones is 1. The van der Waals surface area contributed by atoms with Gasteiger partial charge in [0.25, 0.3) is 11.8 Å². The summed E-state index contributed by atoms with van der Waals surface area (Å²) in [5.41, 5.74) is 2.09. The van der Waals surface area contributed by atoms with E-state index in [1.54, 1.807) is 48.5 Å². The summed E-state index contributed by atoms with van der Waals surface area (Å²) < 4.78 is 0. The molecule has 0 atom stereocenters. The van der Waals surface area contributed by atoms with Crippen LogP contribution in [-0.4, -0.2) is 22.6 Å². The number of anilines is 2. The highest BCUT2D eigenvalue weighted by Crippen LogP contribution is 2.16. The van der Waals surface area contributed by atoms with Crippen molar-refractivity contribution < 1.29 is 14.4 Å².